The monoisotopic (exact) mass is 379 g/mol. The first-order valence-electron chi connectivity index (χ1n) is 7.76. The third-order valence-electron chi connectivity index (χ3n) is 4.01. The first-order valence-corrected chi connectivity index (χ1v) is 11.5. The van der Waals surface area contributed by atoms with Gasteiger partial charge in [0.2, 0.25) is 6.23 Å². The molecule has 0 aliphatic carbocycles. The molecule has 2 amide bonds. The van der Waals surface area contributed by atoms with Crippen molar-refractivity contribution in [3.05, 3.63) is 12.3 Å². The van der Waals surface area contributed by atoms with E-state index in [0.29, 0.717) is 4.90 Å². The van der Waals surface area contributed by atoms with Crippen molar-refractivity contribution in [3.63, 3.8) is 0 Å². The number of nitrogens with one attached hydrogen (secondary N) is 1. The molecule has 25 heavy (non-hydrogen) atoms. The Kier molecular flexibility index (Phi) is 5.09. The molecule has 142 valence electrons. The number of aliphatic hydroxyl groups is 2. The number of amides is 2. The standard InChI is InChI=1S/C14H23F2N3O5Si/c1-25(2,3)7-9(21)13(17)4-5-19(12(23)18-13)11-14(15,16)10(22)8(6-20)24-11/h4-5,8,10-11,20,22H,6-7,17H2,1-3H3,(H,18,23)/t8-,10-,11-,13?/m1/s1. The van der Waals surface area contributed by atoms with Crippen molar-refractivity contribution < 1.29 is 33.3 Å². The molecule has 5 N–H and O–H groups in total. The number of aliphatic hydroxyl groups excluding tert-OH is 2. The summed E-state index contributed by atoms with van der Waals surface area (Å²) in [6.07, 6.45) is -3.84. The van der Waals surface area contributed by atoms with E-state index in [4.69, 9.17) is 15.6 Å². The van der Waals surface area contributed by atoms with E-state index >= 15 is 0 Å². The van der Waals surface area contributed by atoms with Crippen molar-refractivity contribution in [2.45, 2.75) is 55.7 Å². The van der Waals surface area contributed by atoms with E-state index in [-0.39, 0.29) is 6.04 Å². The van der Waals surface area contributed by atoms with Crippen molar-refractivity contribution in [2.24, 2.45) is 5.73 Å². The molecule has 1 saturated heterocycles. The van der Waals surface area contributed by atoms with Crippen LogP contribution < -0.4 is 11.1 Å². The van der Waals surface area contributed by atoms with Crippen LogP contribution in [0.25, 0.3) is 0 Å². The number of carbonyl (C=O) groups excluding carboxylic acids is 2. The highest BCUT2D eigenvalue weighted by molar-refractivity contribution is 6.79. The van der Waals surface area contributed by atoms with E-state index in [1.165, 1.54) is 0 Å². The molecule has 0 saturated carbocycles. The minimum absolute atomic E-state index is 0.204. The Balaban J connectivity index is 2.22. The third-order valence-corrected chi connectivity index (χ3v) is 5.39. The summed E-state index contributed by atoms with van der Waals surface area (Å²) in [5, 5.41) is 20.8. The molecular formula is C14H23F2N3O5Si. The maximum atomic E-state index is 14.1. The second-order valence-electron chi connectivity index (χ2n) is 7.51. The zero-order valence-corrected chi connectivity index (χ0v) is 15.2. The summed E-state index contributed by atoms with van der Waals surface area (Å²) in [6, 6.07) is -0.848. The molecule has 0 aromatic carbocycles. The van der Waals surface area contributed by atoms with Crippen molar-refractivity contribution in [1.82, 2.24) is 10.2 Å². The van der Waals surface area contributed by atoms with Gasteiger partial charge in [-0.3, -0.25) is 15.4 Å². The fourth-order valence-electron chi connectivity index (χ4n) is 2.64. The lowest BCUT2D eigenvalue weighted by Gasteiger charge is -2.38. The number of carbonyl (C=O) groups is 2. The summed E-state index contributed by atoms with van der Waals surface area (Å²) in [5.41, 5.74) is 4.14. The lowest BCUT2D eigenvalue weighted by atomic mass is 10.0. The summed E-state index contributed by atoms with van der Waals surface area (Å²) in [5.74, 6) is -4.21. The van der Waals surface area contributed by atoms with E-state index in [0.717, 1.165) is 12.3 Å². The van der Waals surface area contributed by atoms with Crippen LogP contribution in [0, 0.1) is 0 Å². The van der Waals surface area contributed by atoms with Crippen LogP contribution in [0.15, 0.2) is 12.3 Å². The second-order valence-corrected chi connectivity index (χ2v) is 13.0. The van der Waals surface area contributed by atoms with Crippen molar-refractivity contribution in [3.8, 4) is 0 Å². The summed E-state index contributed by atoms with van der Waals surface area (Å²) in [7, 11) is -1.80. The van der Waals surface area contributed by atoms with Crippen LogP contribution in [0.3, 0.4) is 0 Å². The van der Waals surface area contributed by atoms with Crippen LogP contribution in [0.5, 0.6) is 0 Å². The molecule has 0 aromatic rings. The number of rotatable bonds is 5. The molecule has 0 radical (unpaired) electrons. The highest BCUT2D eigenvalue weighted by Crippen LogP contribution is 2.38. The predicted molar refractivity (Wildman–Crippen MR) is 86.3 cm³/mol. The zero-order valence-electron chi connectivity index (χ0n) is 14.2. The van der Waals surface area contributed by atoms with E-state index in [1.807, 2.05) is 19.6 Å². The Hall–Kier alpha value is -1.40. The van der Waals surface area contributed by atoms with Gasteiger partial charge >= 0.3 is 12.0 Å². The predicted octanol–water partition coefficient (Wildman–Crippen LogP) is -0.199. The average molecular weight is 379 g/mol. The Morgan fingerprint density at radius 2 is 2.08 bits per heavy atom. The number of halogens is 2. The van der Waals surface area contributed by atoms with Gasteiger partial charge in [-0.1, -0.05) is 19.6 Å². The number of alkyl halides is 2. The minimum Gasteiger partial charge on any atom is -0.394 e. The molecule has 11 heteroatoms. The summed E-state index contributed by atoms with van der Waals surface area (Å²) in [6.45, 7) is 5.04. The number of nitrogens with two attached hydrogens (primary N) is 1. The molecule has 2 aliphatic heterocycles. The first-order chi connectivity index (χ1) is 11.3. The minimum atomic E-state index is -3.80. The van der Waals surface area contributed by atoms with Gasteiger partial charge in [-0.15, -0.1) is 0 Å². The summed E-state index contributed by atoms with van der Waals surface area (Å²) in [4.78, 5) is 25.1. The second kappa shape index (κ2) is 6.40. The maximum absolute atomic E-state index is 14.1. The molecule has 0 aromatic heterocycles. The molecule has 2 heterocycles. The number of ether oxygens (including phenoxy) is 1. The molecule has 4 atom stereocenters. The summed E-state index contributed by atoms with van der Waals surface area (Å²) < 4.78 is 33.2. The van der Waals surface area contributed by atoms with Crippen LogP contribution in [0.4, 0.5) is 13.6 Å². The molecular weight excluding hydrogens is 356 g/mol. The van der Waals surface area contributed by atoms with Gasteiger partial charge in [0.1, 0.15) is 6.10 Å². The molecule has 1 unspecified atom stereocenters. The fourth-order valence-corrected chi connectivity index (χ4v) is 3.90. The number of ketones is 1. The number of hydrogen-bond donors (Lipinski definition) is 4. The van der Waals surface area contributed by atoms with Gasteiger partial charge in [0, 0.05) is 12.2 Å². The summed E-state index contributed by atoms with van der Waals surface area (Å²) >= 11 is 0. The number of nitrogens with zero attached hydrogens (tertiary/aromatic N) is 1. The topological polar surface area (TPSA) is 125 Å². The van der Waals surface area contributed by atoms with Gasteiger partial charge in [-0.05, 0) is 6.08 Å². The highest BCUT2D eigenvalue weighted by Gasteiger charge is 2.61. The quantitative estimate of drug-likeness (QED) is 0.490. The van der Waals surface area contributed by atoms with Gasteiger partial charge in [0.15, 0.2) is 17.6 Å². The molecule has 0 bridgehead atoms. The molecule has 2 aliphatic rings. The lowest BCUT2D eigenvalue weighted by Crippen LogP contribution is -2.67. The normalized spacial score (nSPS) is 35.0. The van der Waals surface area contributed by atoms with Crippen molar-refractivity contribution >= 4 is 19.9 Å². The molecule has 1 fully saturated rings. The lowest BCUT2D eigenvalue weighted by molar-refractivity contribution is -0.146. The third kappa shape index (κ3) is 3.74. The van der Waals surface area contributed by atoms with E-state index in [2.05, 4.69) is 5.32 Å². The fraction of sp³-hybridized carbons (Fsp3) is 0.714. The molecule has 2 rings (SSSR count). The van der Waals surface area contributed by atoms with Crippen LogP contribution in [-0.2, 0) is 9.53 Å². The van der Waals surface area contributed by atoms with Crippen LogP contribution in [0.2, 0.25) is 25.7 Å². The van der Waals surface area contributed by atoms with Crippen molar-refractivity contribution in [1.29, 1.82) is 0 Å². The number of urea groups is 1. The molecule has 0 spiro atoms. The SMILES string of the molecule is C[Si](C)(C)CC(=O)C1(N)C=CN([C@@H]2O[C@H](CO)[C@@H](O)C2(F)F)C(=O)N1. The Morgan fingerprint density at radius 3 is 2.52 bits per heavy atom. The Labute approximate surface area is 144 Å². The molecule has 8 nitrogen and oxygen atoms in total. The van der Waals surface area contributed by atoms with Gasteiger partial charge in [-0.2, -0.15) is 8.78 Å². The van der Waals surface area contributed by atoms with E-state index < -0.39 is 56.5 Å². The van der Waals surface area contributed by atoms with Crippen molar-refractivity contribution in [2.75, 3.05) is 6.61 Å². The van der Waals surface area contributed by atoms with E-state index in [9.17, 15) is 23.5 Å². The number of hydrogen-bond acceptors (Lipinski definition) is 6. The van der Waals surface area contributed by atoms with Crippen LogP contribution in [-0.4, -0.2) is 71.6 Å². The Morgan fingerprint density at radius 1 is 1.48 bits per heavy atom. The van der Waals surface area contributed by atoms with Gasteiger partial charge in [-0.25, -0.2) is 4.79 Å². The van der Waals surface area contributed by atoms with Gasteiger partial charge in [0.25, 0.3) is 0 Å². The smallest absolute Gasteiger partial charge is 0.325 e. The first kappa shape index (κ1) is 19.9. The maximum Gasteiger partial charge on any atom is 0.325 e. The van der Waals surface area contributed by atoms with E-state index in [1.54, 1.807) is 0 Å². The Bertz CT molecular complexity index is 598. The van der Waals surface area contributed by atoms with Gasteiger partial charge < -0.3 is 20.3 Å². The number of Topliss-reactive ketones (excluding diaryl/α,β-unsaturated/α-hetero) is 1. The zero-order chi connectivity index (χ0) is 19.2. The van der Waals surface area contributed by atoms with Gasteiger partial charge in [0.05, 0.1) is 14.7 Å². The van der Waals surface area contributed by atoms with Crippen LogP contribution >= 0.6 is 0 Å². The highest BCUT2D eigenvalue weighted by atomic mass is 28.3. The van der Waals surface area contributed by atoms with Crippen LogP contribution in [0.1, 0.15) is 0 Å². The average Bonchev–Trinajstić information content (AvgIpc) is 2.68. The largest absolute Gasteiger partial charge is 0.394 e.